The highest BCUT2D eigenvalue weighted by Gasteiger charge is 2.12. The van der Waals surface area contributed by atoms with Crippen LogP contribution in [0.1, 0.15) is 36.6 Å². The second-order valence-electron chi connectivity index (χ2n) is 4.10. The van der Waals surface area contributed by atoms with Crippen LogP contribution in [0.4, 0.5) is 0 Å². The number of benzene rings is 2. The van der Waals surface area contributed by atoms with Crippen molar-refractivity contribution in [3.05, 3.63) is 70.8 Å². The number of carbonyl (C=O) groups is 3. The lowest BCUT2D eigenvalue weighted by Gasteiger charge is -2.03. The first-order chi connectivity index (χ1) is 9.49. The highest BCUT2D eigenvalue weighted by molar-refractivity contribution is 6.10. The molecule has 0 saturated heterocycles. The Morgan fingerprint density at radius 1 is 0.650 bits per heavy atom. The molecule has 0 aliphatic heterocycles. The van der Waals surface area contributed by atoms with Crippen molar-refractivity contribution in [1.82, 2.24) is 0 Å². The second-order valence-corrected chi connectivity index (χ2v) is 4.10. The number of carboxylic acids is 2. The fourth-order valence-corrected chi connectivity index (χ4v) is 1.72. The summed E-state index contributed by atoms with van der Waals surface area (Å²) in [6.45, 7) is 0. The summed E-state index contributed by atoms with van der Waals surface area (Å²) in [5, 5.41) is 17.7. The minimum absolute atomic E-state index is 0.0259. The average Bonchev–Trinajstić information content (AvgIpc) is 2.46. The van der Waals surface area contributed by atoms with Crippen molar-refractivity contribution in [3.8, 4) is 0 Å². The number of hydrogen-bond acceptors (Lipinski definition) is 3. The molecule has 0 aromatic heterocycles. The Labute approximate surface area is 114 Å². The highest BCUT2D eigenvalue weighted by atomic mass is 16.4. The van der Waals surface area contributed by atoms with Gasteiger partial charge in [0.25, 0.3) is 0 Å². The van der Waals surface area contributed by atoms with Crippen LogP contribution in [0.2, 0.25) is 0 Å². The first kappa shape index (κ1) is 13.5. The van der Waals surface area contributed by atoms with E-state index in [4.69, 9.17) is 10.2 Å². The lowest BCUT2D eigenvalue weighted by molar-refractivity contribution is 0.0686. The van der Waals surface area contributed by atoms with E-state index in [-0.39, 0.29) is 22.5 Å². The van der Waals surface area contributed by atoms with E-state index in [0.717, 1.165) is 0 Å². The molecule has 0 amide bonds. The van der Waals surface area contributed by atoms with Crippen molar-refractivity contribution >= 4 is 17.7 Å². The topological polar surface area (TPSA) is 91.7 Å². The van der Waals surface area contributed by atoms with E-state index < -0.39 is 11.9 Å². The van der Waals surface area contributed by atoms with Gasteiger partial charge < -0.3 is 10.2 Å². The predicted molar refractivity (Wildman–Crippen MR) is 70.2 cm³/mol. The number of carboxylic acid groups (broad SMARTS) is 2. The normalized spacial score (nSPS) is 10.0. The molecule has 0 saturated carbocycles. The molecule has 0 bridgehead atoms. The van der Waals surface area contributed by atoms with Gasteiger partial charge in [0.1, 0.15) is 0 Å². The van der Waals surface area contributed by atoms with Crippen LogP contribution in [0.5, 0.6) is 0 Å². The SMILES string of the molecule is O=C(O)c1ccc(C(=O)c2cccc(C(=O)O)c2)cc1. The summed E-state index contributed by atoms with van der Waals surface area (Å²) in [6.07, 6.45) is 0. The molecule has 0 atom stereocenters. The van der Waals surface area contributed by atoms with Crippen LogP contribution in [0.15, 0.2) is 48.5 Å². The molecule has 0 aliphatic rings. The maximum atomic E-state index is 12.2. The van der Waals surface area contributed by atoms with Gasteiger partial charge in [-0.3, -0.25) is 4.79 Å². The molecule has 0 unspecified atom stereocenters. The maximum absolute atomic E-state index is 12.2. The van der Waals surface area contributed by atoms with Gasteiger partial charge >= 0.3 is 11.9 Å². The third kappa shape index (κ3) is 2.72. The fraction of sp³-hybridized carbons (Fsp3) is 0. The molecule has 2 aromatic rings. The molecule has 0 aliphatic carbocycles. The molecule has 100 valence electrons. The minimum atomic E-state index is -1.11. The molecule has 0 heterocycles. The van der Waals surface area contributed by atoms with E-state index in [1.807, 2.05) is 0 Å². The van der Waals surface area contributed by atoms with Crippen LogP contribution >= 0.6 is 0 Å². The molecular weight excluding hydrogens is 260 g/mol. The Morgan fingerprint density at radius 3 is 1.70 bits per heavy atom. The number of hydrogen-bond donors (Lipinski definition) is 2. The minimum Gasteiger partial charge on any atom is -0.478 e. The van der Waals surface area contributed by atoms with Crippen molar-refractivity contribution in [2.24, 2.45) is 0 Å². The van der Waals surface area contributed by atoms with E-state index in [1.165, 1.54) is 48.5 Å². The molecule has 5 heteroatoms. The van der Waals surface area contributed by atoms with Gasteiger partial charge in [0.2, 0.25) is 0 Å². The molecule has 0 fully saturated rings. The van der Waals surface area contributed by atoms with Crippen LogP contribution in [-0.2, 0) is 0 Å². The first-order valence-corrected chi connectivity index (χ1v) is 5.70. The molecule has 2 N–H and O–H groups in total. The summed E-state index contributed by atoms with van der Waals surface area (Å²) in [5.41, 5.74) is 0.657. The first-order valence-electron chi connectivity index (χ1n) is 5.70. The summed E-state index contributed by atoms with van der Waals surface area (Å²) >= 11 is 0. The van der Waals surface area contributed by atoms with Crippen molar-refractivity contribution in [2.75, 3.05) is 0 Å². The third-order valence-corrected chi connectivity index (χ3v) is 2.77. The largest absolute Gasteiger partial charge is 0.478 e. The predicted octanol–water partition coefficient (Wildman–Crippen LogP) is 2.31. The standard InChI is InChI=1S/C15H10O5/c16-13(9-4-6-10(7-5-9)14(17)18)11-2-1-3-12(8-11)15(19)20/h1-8H,(H,17,18)(H,19,20). The van der Waals surface area contributed by atoms with Crippen molar-refractivity contribution < 1.29 is 24.6 Å². The zero-order chi connectivity index (χ0) is 14.7. The third-order valence-electron chi connectivity index (χ3n) is 2.77. The van der Waals surface area contributed by atoms with Crippen LogP contribution in [0, 0.1) is 0 Å². The quantitative estimate of drug-likeness (QED) is 0.832. The summed E-state index contributed by atoms with van der Waals surface area (Å²) in [6, 6.07) is 11.1. The Kier molecular flexibility index (Phi) is 3.61. The van der Waals surface area contributed by atoms with Gasteiger partial charge in [-0.2, -0.15) is 0 Å². The smallest absolute Gasteiger partial charge is 0.335 e. The fourth-order valence-electron chi connectivity index (χ4n) is 1.72. The number of rotatable bonds is 4. The molecule has 20 heavy (non-hydrogen) atoms. The Morgan fingerprint density at radius 2 is 1.15 bits per heavy atom. The summed E-state index contributed by atoms with van der Waals surface area (Å²) in [5.74, 6) is -2.54. The zero-order valence-corrected chi connectivity index (χ0v) is 10.2. The van der Waals surface area contributed by atoms with Gasteiger partial charge in [-0.05, 0) is 24.3 Å². The second kappa shape index (κ2) is 5.36. The van der Waals surface area contributed by atoms with Crippen LogP contribution in [0.25, 0.3) is 0 Å². The van der Waals surface area contributed by atoms with Gasteiger partial charge in [0.15, 0.2) is 5.78 Å². The molecule has 2 aromatic carbocycles. The van der Waals surface area contributed by atoms with Crippen LogP contribution in [-0.4, -0.2) is 27.9 Å². The van der Waals surface area contributed by atoms with Crippen molar-refractivity contribution in [2.45, 2.75) is 0 Å². The zero-order valence-electron chi connectivity index (χ0n) is 10.2. The van der Waals surface area contributed by atoms with Crippen LogP contribution in [0.3, 0.4) is 0 Å². The monoisotopic (exact) mass is 270 g/mol. The van der Waals surface area contributed by atoms with Gasteiger partial charge in [-0.25, -0.2) is 9.59 Å². The van der Waals surface area contributed by atoms with E-state index in [9.17, 15) is 14.4 Å². The van der Waals surface area contributed by atoms with Crippen molar-refractivity contribution in [1.29, 1.82) is 0 Å². The van der Waals surface area contributed by atoms with Crippen LogP contribution < -0.4 is 0 Å². The lowest BCUT2D eigenvalue weighted by Crippen LogP contribution is -2.05. The Hall–Kier alpha value is -2.95. The van der Waals surface area contributed by atoms with E-state index in [0.29, 0.717) is 5.56 Å². The summed E-state index contributed by atoms with van der Waals surface area (Å²) in [4.78, 5) is 33.7. The number of carbonyl (C=O) groups excluding carboxylic acids is 1. The number of aromatic carboxylic acids is 2. The molecular formula is C15H10O5. The summed E-state index contributed by atoms with van der Waals surface area (Å²) < 4.78 is 0. The van der Waals surface area contributed by atoms with Gasteiger partial charge in [0.05, 0.1) is 11.1 Å². The van der Waals surface area contributed by atoms with E-state index in [1.54, 1.807) is 0 Å². The Balaban J connectivity index is 2.33. The summed E-state index contributed by atoms with van der Waals surface area (Å²) in [7, 11) is 0. The lowest BCUT2D eigenvalue weighted by atomic mass is 10.0. The van der Waals surface area contributed by atoms with Gasteiger partial charge in [0, 0.05) is 11.1 Å². The Bertz CT molecular complexity index is 686. The average molecular weight is 270 g/mol. The van der Waals surface area contributed by atoms with Gasteiger partial charge in [-0.15, -0.1) is 0 Å². The number of ketones is 1. The highest BCUT2D eigenvalue weighted by Crippen LogP contribution is 2.13. The van der Waals surface area contributed by atoms with Gasteiger partial charge in [-0.1, -0.05) is 24.3 Å². The molecule has 0 spiro atoms. The molecule has 0 radical (unpaired) electrons. The van der Waals surface area contributed by atoms with Crippen molar-refractivity contribution in [3.63, 3.8) is 0 Å². The maximum Gasteiger partial charge on any atom is 0.335 e. The van der Waals surface area contributed by atoms with E-state index in [2.05, 4.69) is 0 Å². The van der Waals surface area contributed by atoms with E-state index >= 15 is 0 Å². The molecule has 2 rings (SSSR count). The molecule has 5 nitrogen and oxygen atoms in total.